The van der Waals surface area contributed by atoms with E-state index in [9.17, 15) is 14.7 Å². The summed E-state index contributed by atoms with van der Waals surface area (Å²) in [6, 6.07) is 12.2. The van der Waals surface area contributed by atoms with Crippen LogP contribution >= 0.6 is 11.3 Å². The highest BCUT2D eigenvalue weighted by molar-refractivity contribution is 7.13. The summed E-state index contributed by atoms with van der Waals surface area (Å²) in [5.41, 5.74) is 1.93. The number of aromatic nitrogens is 4. The standard InChI is InChI=1S/C20H21N5O3S/c1-23-17-16(18(27)24(2)20(23)28)25(19(22-17)21-8-9-26)12-13-5-3-6-14(11-13)15-7-4-10-29-15/h3-7,10-11,26H,8-9,12H2,1-2H3,(H,21,22). The number of fused-ring (bicyclic) bond motifs is 1. The van der Waals surface area contributed by atoms with Crippen LogP contribution in [-0.2, 0) is 20.6 Å². The average Bonchev–Trinajstić information content (AvgIpc) is 3.38. The number of aryl methyl sites for hydroxylation is 1. The number of aliphatic hydroxyl groups is 1. The molecule has 0 fully saturated rings. The lowest BCUT2D eigenvalue weighted by Gasteiger charge is -2.11. The largest absolute Gasteiger partial charge is 0.395 e. The SMILES string of the molecule is Cn1c(=O)c2c(nc(NCCO)n2Cc2cccc(-c3cccs3)c2)n(C)c1=O. The predicted molar refractivity (Wildman–Crippen MR) is 115 cm³/mol. The molecule has 0 amide bonds. The molecule has 2 N–H and O–H groups in total. The van der Waals surface area contributed by atoms with Crippen molar-refractivity contribution in [3.8, 4) is 10.4 Å². The first-order valence-electron chi connectivity index (χ1n) is 9.15. The van der Waals surface area contributed by atoms with E-state index in [2.05, 4.69) is 28.5 Å². The average molecular weight is 411 g/mol. The molecule has 9 heteroatoms. The fourth-order valence-corrected chi connectivity index (χ4v) is 4.08. The molecule has 29 heavy (non-hydrogen) atoms. The molecule has 0 saturated carbocycles. The molecule has 0 spiro atoms. The van der Waals surface area contributed by atoms with E-state index in [1.54, 1.807) is 23.0 Å². The molecule has 0 radical (unpaired) electrons. The Kier molecular flexibility index (Phi) is 5.08. The van der Waals surface area contributed by atoms with Crippen LogP contribution in [0.2, 0.25) is 0 Å². The second-order valence-corrected chi connectivity index (χ2v) is 7.68. The zero-order valence-corrected chi connectivity index (χ0v) is 16.9. The summed E-state index contributed by atoms with van der Waals surface area (Å²) in [5.74, 6) is 0.439. The van der Waals surface area contributed by atoms with E-state index in [1.165, 1.54) is 16.5 Å². The number of hydrogen-bond acceptors (Lipinski definition) is 6. The van der Waals surface area contributed by atoms with Gasteiger partial charge in [0.05, 0.1) is 13.2 Å². The van der Waals surface area contributed by atoms with Gasteiger partial charge in [-0.2, -0.15) is 4.98 Å². The molecule has 0 atom stereocenters. The smallest absolute Gasteiger partial charge is 0.332 e. The molecule has 0 unspecified atom stereocenters. The van der Waals surface area contributed by atoms with Crippen molar-refractivity contribution in [3.63, 3.8) is 0 Å². The lowest BCUT2D eigenvalue weighted by atomic mass is 10.1. The van der Waals surface area contributed by atoms with Crippen molar-refractivity contribution >= 4 is 28.4 Å². The second-order valence-electron chi connectivity index (χ2n) is 6.73. The van der Waals surface area contributed by atoms with Gasteiger partial charge in [0, 0.05) is 25.5 Å². The summed E-state index contributed by atoms with van der Waals surface area (Å²) in [6.45, 7) is 0.609. The number of hydrogen-bond donors (Lipinski definition) is 2. The van der Waals surface area contributed by atoms with Gasteiger partial charge >= 0.3 is 5.69 Å². The maximum atomic E-state index is 12.9. The van der Waals surface area contributed by atoms with Crippen molar-refractivity contribution in [2.75, 3.05) is 18.5 Å². The van der Waals surface area contributed by atoms with Gasteiger partial charge in [-0.3, -0.25) is 18.5 Å². The van der Waals surface area contributed by atoms with Gasteiger partial charge in [0.25, 0.3) is 5.56 Å². The summed E-state index contributed by atoms with van der Waals surface area (Å²) in [4.78, 5) is 30.8. The topological polar surface area (TPSA) is 94.1 Å². The van der Waals surface area contributed by atoms with Crippen LogP contribution in [-0.4, -0.2) is 36.9 Å². The predicted octanol–water partition coefficient (Wildman–Crippen LogP) is 1.61. The van der Waals surface area contributed by atoms with Crippen LogP contribution in [0.1, 0.15) is 5.56 Å². The molecule has 0 aliphatic rings. The number of nitrogens with one attached hydrogen (secondary N) is 1. The molecular formula is C20H21N5O3S. The number of benzene rings is 1. The van der Waals surface area contributed by atoms with Gasteiger partial charge in [-0.05, 0) is 28.6 Å². The zero-order chi connectivity index (χ0) is 20.5. The number of rotatable bonds is 6. The van der Waals surface area contributed by atoms with E-state index < -0.39 is 11.2 Å². The first-order valence-corrected chi connectivity index (χ1v) is 10.0. The Morgan fingerprint density at radius 3 is 2.69 bits per heavy atom. The molecule has 8 nitrogen and oxygen atoms in total. The van der Waals surface area contributed by atoms with Crippen LogP contribution in [0.5, 0.6) is 0 Å². The first-order chi connectivity index (χ1) is 14.0. The Morgan fingerprint density at radius 2 is 1.97 bits per heavy atom. The lowest BCUT2D eigenvalue weighted by molar-refractivity contribution is 0.310. The van der Waals surface area contributed by atoms with Crippen LogP contribution in [0, 0.1) is 0 Å². The minimum atomic E-state index is -0.430. The van der Waals surface area contributed by atoms with Crippen molar-refractivity contribution in [1.82, 2.24) is 18.7 Å². The van der Waals surface area contributed by atoms with Crippen LogP contribution in [0.25, 0.3) is 21.6 Å². The molecule has 4 aromatic rings. The molecule has 150 valence electrons. The summed E-state index contributed by atoms with van der Waals surface area (Å²) in [6.07, 6.45) is 0. The van der Waals surface area contributed by atoms with Crippen molar-refractivity contribution in [3.05, 3.63) is 68.2 Å². The molecular weight excluding hydrogens is 390 g/mol. The Morgan fingerprint density at radius 1 is 1.14 bits per heavy atom. The quantitative estimate of drug-likeness (QED) is 0.503. The molecule has 4 rings (SSSR count). The van der Waals surface area contributed by atoms with Crippen molar-refractivity contribution in [2.45, 2.75) is 6.54 Å². The van der Waals surface area contributed by atoms with E-state index in [0.717, 1.165) is 15.7 Å². The van der Waals surface area contributed by atoms with Gasteiger partial charge in [-0.15, -0.1) is 11.3 Å². The van der Waals surface area contributed by atoms with Gasteiger partial charge in [0.1, 0.15) is 0 Å². The van der Waals surface area contributed by atoms with Crippen molar-refractivity contribution in [2.24, 2.45) is 14.1 Å². The monoisotopic (exact) mass is 411 g/mol. The maximum Gasteiger partial charge on any atom is 0.332 e. The molecule has 1 aromatic carbocycles. The number of anilines is 1. The third-order valence-corrected chi connectivity index (χ3v) is 5.74. The molecule has 3 aromatic heterocycles. The fraction of sp³-hybridized carbons (Fsp3) is 0.250. The third-order valence-electron chi connectivity index (χ3n) is 4.82. The van der Waals surface area contributed by atoms with Gasteiger partial charge in [-0.1, -0.05) is 24.3 Å². The van der Waals surface area contributed by atoms with E-state index in [4.69, 9.17) is 0 Å². The highest BCUT2D eigenvalue weighted by Gasteiger charge is 2.19. The summed E-state index contributed by atoms with van der Waals surface area (Å²) in [5, 5.41) is 14.3. The molecule has 0 aliphatic heterocycles. The van der Waals surface area contributed by atoms with E-state index in [1.807, 2.05) is 23.6 Å². The minimum absolute atomic E-state index is 0.0754. The molecule has 0 aliphatic carbocycles. The first kappa shape index (κ1) is 19.2. The Labute approximate surface area is 170 Å². The number of nitrogens with zero attached hydrogens (tertiary/aromatic N) is 4. The Bertz CT molecular complexity index is 1280. The van der Waals surface area contributed by atoms with Gasteiger partial charge in [-0.25, -0.2) is 4.79 Å². The highest BCUT2D eigenvalue weighted by atomic mass is 32.1. The van der Waals surface area contributed by atoms with Gasteiger partial charge in [0.15, 0.2) is 11.2 Å². The molecule has 0 bridgehead atoms. The fourth-order valence-electron chi connectivity index (χ4n) is 3.35. The number of aliphatic hydroxyl groups excluding tert-OH is 1. The van der Waals surface area contributed by atoms with Crippen LogP contribution < -0.4 is 16.6 Å². The third kappa shape index (κ3) is 3.39. The summed E-state index contributed by atoms with van der Waals surface area (Å²) < 4.78 is 4.21. The highest BCUT2D eigenvalue weighted by Crippen LogP contribution is 2.26. The summed E-state index contributed by atoms with van der Waals surface area (Å²) in [7, 11) is 3.05. The lowest BCUT2D eigenvalue weighted by Crippen LogP contribution is -2.37. The minimum Gasteiger partial charge on any atom is -0.395 e. The normalized spacial score (nSPS) is 11.3. The Hall–Kier alpha value is -3.17. The van der Waals surface area contributed by atoms with E-state index in [-0.39, 0.29) is 13.2 Å². The number of imidazole rings is 1. The van der Waals surface area contributed by atoms with Crippen LogP contribution in [0.3, 0.4) is 0 Å². The van der Waals surface area contributed by atoms with Gasteiger partial charge < -0.3 is 10.4 Å². The maximum absolute atomic E-state index is 12.9. The summed E-state index contributed by atoms with van der Waals surface area (Å²) >= 11 is 1.67. The van der Waals surface area contributed by atoms with Crippen molar-refractivity contribution in [1.29, 1.82) is 0 Å². The Balaban J connectivity index is 1.87. The van der Waals surface area contributed by atoms with Crippen molar-refractivity contribution < 1.29 is 5.11 Å². The number of thiophene rings is 1. The molecule has 3 heterocycles. The van der Waals surface area contributed by atoms with Crippen LogP contribution in [0.4, 0.5) is 5.95 Å². The van der Waals surface area contributed by atoms with Gasteiger partial charge in [0.2, 0.25) is 5.95 Å². The van der Waals surface area contributed by atoms with Crippen LogP contribution in [0.15, 0.2) is 51.4 Å². The van der Waals surface area contributed by atoms with E-state index in [0.29, 0.717) is 23.7 Å². The zero-order valence-electron chi connectivity index (χ0n) is 16.1. The van der Waals surface area contributed by atoms with E-state index >= 15 is 0 Å². The molecule has 0 saturated heterocycles. The second kappa shape index (κ2) is 7.69.